The predicted octanol–water partition coefficient (Wildman–Crippen LogP) is 3.85. The first kappa shape index (κ1) is 16.8. The van der Waals surface area contributed by atoms with E-state index in [0.29, 0.717) is 29.5 Å². The molecule has 0 saturated carbocycles. The number of carbonyl (C=O) groups excluding carboxylic acids is 1. The Morgan fingerprint density at radius 2 is 2.12 bits per heavy atom. The molecule has 1 saturated heterocycles. The Morgan fingerprint density at radius 3 is 2.83 bits per heavy atom. The first-order valence-electron chi connectivity index (χ1n) is 7.98. The van der Waals surface area contributed by atoms with Crippen LogP contribution in [0.4, 0.5) is 10.5 Å². The van der Waals surface area contributed by atoms with E-state index in [2.05, 4.69) is 15.8 Å². The maximum atomic E-state index is 12.3. The molecule has 1 aliphatic rings. The van der Waals surface area contributed by atoms with Crippen LogP contribution in [0, 0.1) is 6.92 Å². The molecular weight excluding hydrogens is 330 g/mol. The van der Waals surface area contributed by atoms with E-state index < -0.39 is 0 Å². The second kappa shape index (κ2) is 7.23. The summed E-state index contributed by atoms with van der Waals surface area (Å²) in [4.78, 5) is 12.3. The largest absolute Gasteiger partial charge is 0.371 e. The van der Waals surface area contributed by atoms with Crippen LogP contribution in [-0.4, -0.2) is 23.8 Å². The van der Waals surface area contributed by atoms with Gasteiger partial charge >= 0.3 is 6.03 Å². The number of hydrogen-bond acceptors (Lipinski definition) is 4. The highest BCUT2D eigenvalue weighted by atomic mass is 35.5. The molecule has 0 bridgehead atoms. The van der Waals surface area contributed by atoms with E-state index in [1.807, 2.05) is 31.2 Å². The lowest BCUT2D eigenvalue weighted by Crippen LogP contribution is -2.39. The molecule has 128 valence electrons. The van der Waals surface area contributed by atoms with E-state index in [1.165, 1.54) is 0 Å². The number of aryl methyl sites for hydroxylation is 2. The molecule has 2 heterocycles. The fourth-order valence-electron chi connectivity index (χ4n) is 2.86. The molecular formula is C17H20ClN3O3. The van der Waals surface area contributed by atoms with Crippen molar-refractivity contribution in [3.63, 3.8) is 0 Å². The summed E-state index contributed by atoms with van der Waals surface area (Å²) in [5.41, 5.74) is 2.37. The van der Waals surface area contributed by atoms with Gasteiger partial charge in [0.05, 0.1) is 6.04 Å². The first-order chi connectivity index (χ1) is 11.6. The summed E-state index contributed by atoms with van der Waals surface area (Å²) in [6.45, 7) is 4.34. The highest BCUT2D eigenvalue weighted by molar-refractivity contribution is 6.30. The number of nitrogens with zero attached hydrogens (tertiary/aromatic N) is 1. The van der Waals surface area contributed by atoms with Gasteiger partial charge in [0.1, 0.15) is 17.5 Å². The Labute approximate surface area is 145 Å². The van der Waals surface area contributed by atoms with E-state index in [4.69, 9.17) is 20.9 Å². The molecule has 1 aliphatic heterocycles. The molecule has 1 aromatic carbocycles. The van der Waals surface area contributed by atoms with Crippen molar-refractivity contribution in [3.05, 3.63) is 46.3 Å². The summed E-state index contributed by atoms with van der Waals surface area (Å²) in [6.07, 6.45) is 1.26. The zero-order valence-corrected chi connectivity index (χ0v) is 14.4. The number of hydrogen-bond donors (Lipinski definition) is 2. The Hall–Kier alpha value is -2.05. The second-order valence-electron chi connectivity index (χ2n) is 5.75. The highest BCUT2D eigenvalue weighted by Gasteiger charge is 2.31. The van der Waals surface area contributed by atoms with Crippen molar-refractivity contribution in [2.75, 3.05) is 11.9 Å². The Balaban J connectivity index is 1.67. The molecule has 2 aromatic rings. The van der Waals surface area contributed by atoms with Crippen molar-refractivity contribution in [1.82, 2.24) is 10.5 Å². The number of urea groups is 1. The quantitative estimate of drug-likeness (QED) is 0.879. The zero-order chi connectivity index (χ0) is 17.1. The fourth-order valence-corrected chi connectivity index (χ4v) is 2.98. The van der Waals surface area contributed by atoms with Crippen molar-refractivity contribution in [3.8, 4) is 0 Å². The van der Waals surface area contributed by atoms with Crippen LogP contribution in [0.3, 0.4) is 0 Å². The van der Waals surface area contributed by atoms with Crippen LogP contribution in [0.1, 0.15) is 36.5 Å². The lowest BCUT2D eigenvalue weighted by Gasteiger charge is -2.20. The fraction of sp³-hybridized carbons (Fsp3) is 0.412. The van der Waals surface area contributed by atoms with Crippen molar-refractivity contribution in [1.29, 1.82) is 0 Å². The number of aromatic nitrogens is 1. The summed E-state index contributed by atoms with van der Waals surface area (Å²) >= 11 is 5.93. The third-order valence-electron chi connectivity index (χ3n) is 4.11. The van der Waals surface area contributed by atoms with E-state index in [9.17, 15) is 4.79 Å². The van der Waals surface area contributed by atoms with Crippen molar-refractivity contribution in [2.24, 2.45) is 0 Å². The van der Waals surface area contributed by atoms with E-state index >= 15 is 0 Å². The smallest absolute Gasteiger partial charge is 0.319 e. The van der Waals surface area contributed by atoms with E-state index in [0.717, 1.165) is 17.7 Å². The number of ether oxygens (including phenoxy) is 1. The molecule has 0 unspecified atom stereocenters. The molecule has 0 spiro atoms. The zero-order valence-electron chi connectivity index (χ0n) is 13.6. The van der Waals surface area contributed by atoms with E-state index in [-0.39, 0.29) is 18.2 Å². The Kier molecular flexibility index (Phi) is 5.06. The van der Waals surface area contributed by atoms with Crippen LogP contribution in [0.15, 0.2) is 28.8 Å². The number of anilines is 1. The first-order valence-corrected chi connectivity index (χ1v) is 8.36. The maximum Gasteiger partial charge on any atom is 0.319 e. The topological polar surface area (TPSA) is 76.4 Å². The van der Waals surface area contributed by atoms with Crippen LogP contribution in [0.25, 0.3) is 0 Å². The summed E-state index contributed by atoms with van der Waals surface area (Å²) in [5, 5.41) is 10.4. The molecule has 2 N–H and O–H groups in total. The number of benzene rings is 1. The molecule has 2 amide bonds. The van der Waals surface area contributed by atoms with Crippen molar-refractivity contribution in [2.45, 2.75) is 38.8 Å². The molecule has 6 nitrogen and oxygen atoms in total. The standard InChI is InChI=1S/C17H20ClN3O3/c1-3-13-15(10(2)24-21-13)20-17(22)19-14-8-9-23-16(14)11-4-6-12(18)7-5-11/h4-7,14,16H,3,8-9H2,1-2H3,(H2,19,20,22)/t14-,16+/m1/s1. The van der Waals surface area contributed by atoms with Gasteiger partial charge in [-0.1, -0.05) is 35.8 Å². The van der Waals surface area contributed by atoms with Gasteiger partial charge in [-0.15, -0.1) is 0 Å². The van der Waals surface area contributed by atoms with Crippen LogP contribution in [0.5, 0.6) is 0 Å². The number of carbonyl (C=O) groups is 1. The summed E-state index contributed by atoms with van der Waals surface area (Å²) in [5.74, 6) is 0.596. The van der Waals surface area contributed by atoms with Gasteiger partial charge in [0.25, 0.3) is 0 Å². The van der Waals surface area contributed by atoms with Crippen LogP contribution in [0.2, 0.25) is 5.02 Å². The SMILES string of the molecule is CCc1noc(C)c1NC(=O)N[C@@H]1CCO[C@H]1c1ccc(Cl)cc1. The maximum absolute atomic E-state index is 12.3. The Bertz CT molecular complexity index is 714. The molecule has 3 rings (SSSR count). The van der Waals surface area contributed by atoms with Gasteiger partial charge in [-0.25, -0.2) is 4.79 Å². The van der Waals surface area contributed by atoms with Gasteiger partial charge in [-0.3, -0.25) is 0 Å². The molecule has 0 radical (unpaired) electrons. The lowest BCUT2D eigenvalue weighted by atomic mass is 10.0. The third-order valence-corrected chi connectivity index (χ3v) is 4.37. The predicted molar refractivity (Wildman–Crippen MR) is 91.3 cm³/mol. The number of rotatable bonds is 4. The molecule has 1 aromatic heterocycles. The number of nitrogens with one attached hydrogen (secondary N) is 2. The summed E-state index contributed by atoms with van der Waals surface area (Å²) in [7, 11) is 0. The summed E-state index contributed by atoms with van der Waals surface area (Å²) in [6, 6.07) is 7.10. The van der Waals surface area contributed by atoms with Crippen LogP contribution in [-0.2, 0) is 11.2 Å². The van der Waals surface area contributed by atoms with Crippen LogP contribution >= 0.6 is 11.6 Å². The van der Waals surface area contributed by atoms with Gasteiger partial charge in [0.2, 0.25) is 0 Å². The molecule has 7 heteroatoms. The van der Waals surface area contributed by atoms with Gasteiger partial charge in [-0.2, -0.15) is 0 Å². The van der Waals surface area contributed by atoms with Gasteiger partial charge < -0.3 is 19.9 Å². The second-order valence-corrected chi connectivity index (χ2v) is 6.19. The van der Waals surface area contributed by atoms with Crippen LogP contribution < -0.4 is 10.6 Å². The monoisotopic (exact) mass is 349 g/mol. The average molecular weight is 350 g/mol. The number of amides is 2. The molecule has 24 heavy (non-hydrogen) atoms. The Morgan fingerprint density at radius 1 is 1.38 bits per heavy atom. The van der Waals surface area contributed by atoms with Crippen molar-refractivity contribution >= 4 is 23.3 Å². The third kappa shape index (κ3) is 3.55. The van der Waals surface area contributed by atoms with Gasteiger partial charge in [0, 0.05) is 11.6 Å². The normalized spacial score (nSPS) is 20.1. The van der Waals surface area contributed by atoms with Gasteiger partial charge in [0.15, 0.2) is 5.76 Å². The summed E-state index contributed by atoms with van der Waals surface area (Å²) < 4.78 is 10.9. The number of halogens is 1. The average Bonchev–Trinajstić information content (AvgIpc) is 3.16. The van der Waals surface area contributed by atoms with Crippen molar-refractivity contribution < 1.29 is 14.1 Å². The molecule has 2 atom stereocenters. The minimum absolute atomic E-state index is 0.101. The molecule has 0 aliphatic carbocycles. The van der Waals surface area contributed by atoms with E-state index in [1.54, 1.807) is 6.92 Å². The minimum Gasteiger partial charge on any atom is -0.371 e. The lowest BCUT2D eigenvalue weighted by molar-refractivity contribution is 0.100. The molecule has 1 fully saturated rings. The van der Waals surface area contributed by atoms with Gasteiger partial charge in [-0.05, 0) is 37.5 Å². The highest BCUT2D eigenvalue weighted by Crippen LogP contribution is 2.30. The minimum atomic E-state index is -0.287.